The number of hydrogen-bond donors (Lipinski definition) is 1. The molecule has 1 N–H and O–H groups in total. The van der Waals surface area contributed by atoms with Crippen molar-refractivity contribution in [1.29, 1.82) is 0 Å². The van der Waals surface area contributed by atoms with E-state index < -0.39 is 0 Å². The largest absolute Gasteiger partial charge is 0.316 e. The lowest BCUT2D eigenvalue weighted by molar-refractivity contribution is 0.448. The maximum absolute atomic E-state index is 3.52. The lowest BCUT2D eigenvalue weighted by Crippen LogP contribution is -2.22. The number of hydrogen-bond acceptors (Lipinski definition) is 1. The van der Waals surface area contributed by atoms with Gasteiger partial charge in [0.05, 0.1) is 0 Å². The van der Waals surface area contributed by atoms with Crippen LogP contribution in [0.5, 0.6) is 0 Å². The molecule has 2 atom stereocenters. The second-order valence-electron chi connectivity index (χ2n) is 4.30. The fourth-order valence-electron chi connectivity index (χ4n) is 2.49. The van der Waals surface area contributed by atoms with Crippen molar-refractivity contribution in [3.63, 3.8) is 0 Å². The average Bonchev–Trinajstić information content (AvgIpc) is 2.61. The van der Waals surface area contributed by atoms with Crippen LogP contribution >= 0.6 is 0 Å². The van der Waals surface area contributed by atoms with Gasteiger partial charge in [0.1, 0.15) is 0 Å². The smallest absolute Gasteiger partial charge is 0.00203 e. The Kier molecular flexibility index (Phi) is 2.17. The predicted octanol–water partition coefficient (Wildman–Crippen LogP) is 2.03. The standard InChI is InChI=1S/C10H19N/c1-2-3-11-7-8-4-9-6-10(9)5-8/h8-11H,2-7H2,1H3. The zero-order chi connectivity index (χ0) is 7.68. The molecule has 0 aromatic carbocycles. The van der Waals surface area contributed by atoms with E-state index in [1.807, 2.05) is 0 Å². The molecule has 0 aromatic rings. The molecule has 2 aliphatic rings. The zero-order valence-corrected chi connectivity index (χ0v) is 7.47. The lowest BCUT2D eigenvalue weighted by atomic mass is 10.0. The van der Waals surface area contributed by atoms with Gasteiger partial charge in [0.25, 0.3) is 0 Å². The van der Waals surface area contributed by atoms with Gasteiger partial charge in [-0.2, -0.15) is 0 Å². The molecule has 2 rings (SSSR count). The van der Waals surface area contributed by atoms with Gasteiger partial charge in [-0.3, -0.25) is 0 Å². The van der Waals surface area contributed by atoms with Crippen molar-refractivity contribution in [2.45, 2.75) is 32.6 Å². The van der Waals surface area contributed by atoms with E-state index in [2.05, 4.69) is 12.2 Å². The van der Waals surface area contributed by atoms with Crippen molar-refractivity contribution in [1.82, 2.24) is 5.32 Å². The summed E-state index contributed by atoms with van der Waals surface area (Å²) in [5.41, 5.74) is 0. The molecule has 0 bridgehead atoms. The van der Waals surface area contributed by atoms with Crippen LogP contribution in [0.25, 0.3) is 0 Å². The molecule has 1 heteroatoms. The summed E-state index contributed by atoms with van der Waals surface area (Å²) in [5, 5.41) is 3.52. The van der Waals surface area contributed by atoms with Crippen LogP contribution in [0.1, 0.15) is 32.6 Å². The quantitative estimate of drug-likeness (QED) is 0.609. The van der Waals surface area contributed by atoms with Gasteiger partial charge in [-0.05, 0) is 56.5 Å². The van der Waals surface area contributed by atoms with Gasteiger partial charge < -0.3 is 5.32 Å². The Morgan fingerprint density at radius 3 is 2.55 bits per heavy atom. The van der Waals surface area contributed by atoms with E-state index in [-0.39, 0.29) is 0 Å². The van der Waals surface area contributed by atoms with Crippen molar-refractivity contribution in [2.24, 2.45) is 17.8 Å². The lowest BCUT2D eigenvalue weighted by Gasteiger charge is -2.11. The molecule has 2 saturated carbocycles. The van der Waals surface area contributed by atoms with Crippen LogP contribution in [-0.4, -0.2) is 13.1 Å². The minimum Gasteiger partial charge on any atom is -0.316 e. The van der Waals surface area contributed by atoms with Gasteiger partial charge in [-0.15, -0.1) is 0 Å². The molecule has 2 aliphatic carbocycles. The highest BCUT2D eigenvalue weighted by Gasteiger charge is 2.45. The van der Waals surface area contributed by atoms with Crippen LogP contribution in [0.2, 0.25) is 0 Å². The van der Waals surface area contributed by atoms with Crippen molar-refractivity contribution >= 4 is 0 Å². The number of rotatable bonds is 4. The average molecular weight is 153 g/mol. The zero-order valence-electron chi connectivity index (χ0n) is 7.47. The Balaban J connectivity index is 1.57. The molecular formula is C10H19N. The summed E-state index contributed by atoms with van der Waals surface area (Å²) in [6.07, 6.45) is 5.90. The molecule has 0 amide bonds. The van der Waals surface area contributed by atoms with E-state index in [9.17, 15) is 0 Å². The van der Waals surface area contributed by atoms with E-state index in [4.69, 9.17) is 0 Å². The summed E-state index contributed by atoms with van der Waals surface area (Å²) in [5.74, 6) is 3.34. The van der Waals surface area contributed by atoms with E-state index in [1.54, 1.807) is 6.42 Å². The minimum atomic E-state index is 1.03. The molecule has 0 heterocycles. The van der Waals surface area contributed by atoms with Crippen molar-refractivity contribution < 1.29 is 0 Å². The predicted molar refractivity (Wildman–Crippen MR) is 47.5 cm³/mol. The first-order chi connectivity index (χ1) is 5.40. The molecule has 0 aromatic heterocycles. The summed E-state index contributed by atoms with van der Waals surface area (Å²) in [6.45, 7) is 4.74. The second-order valence-corrected chi connectivity index (χ2v) is 4.30. The Morgan fingerprint density at radius 1 is 1.18 bits per heavy atom. The summed E-state index contributed by atoms with van der Waals surface area (Å²) in [6, 6.07) is 0. The van der Waals surface area contributed by atoms with Crippen LogP contribution in [0, 0.1) is 17.8 Å². The molecule has 0 spiro atoms. The van der Waals surface area contributed by atoms with Gasteiger partial charge >= 0.3 is 0 Å². The molecule has 0 aliphatic heterocycles. The Labute approximate surface area is 69.6 Å². The fourth-order valence-corrected chi connectivity index (χ4v) is 2.49. The number of nitrogens with one attached hydrogen (secondary N) is 1. The highest BCUT2D eigenvalue weighted by Crippen LogP contribution is 2.54. The molecule has 2 unspecified atom stereocenters. The Bertz CT molecular complexity index is 123. The first kappa shape index (κ1) is 7.60. The summed E-state index contributed by atoms with van der Waals surface area (Å²) < 4.78 is 0. The molecule has 2 fully saturated rings. The molecule has 0 saturated heterocycles. The van der Waals surface area contributed by atoms with E-state index >= 15 is 0 Å². The summed E-state index contributed by atoms with van der Waals surface area (Å²) in [7, 11) is 0. The third kappa shape index (κ3) is 1.76. The number of fused-ring (bicyclic) bond motifs is 1. The molecule has 64 valence electrons. The first-order valence-electron chi connectivity index (χ1n) is 5.11. The molecule has 1 nitrogen and oxygen atoms in total. The normalized spacial score (nSPS) is 40.6. The van der Waals surface area contributed by atoms with Gasteiger partial charge in [-0.1, -0.05) is 6.92 Å². The third-order valence-electron chi connectivity index (χ3n) is 3.20. The van der Waals surface area contributed by atoms with Crippen LogP contribution in [0.4, 0.5) is 0 Å². The van der Waals surface area contributed by atoms with E-state index in [1.165, 1.54) is 32.4 Å². The molecule has 11 heavy (non-hydrogen) atoms. The van der Waals surface area contributed by atoms with Gasteiger partial charge in [0, 0.05) is 0 Å². The first-order valence-corrected chi connectivity index (χ1v) is 5.11. The second kappa shape index (κ2) is 3.14. The molecular weight excluding hydrogens is 134 g/mol. The fraction of sp³-hybridized carbons (Fsp3) is 1.00. The van der Waals surface area contributed by atoms with Gasteiger partial charge in [0.15, 0.2) is 0 Å². The topological polar surface area (TPSA) is 12.0 Å². The van der Waals surface area contributed by atoms with Crippen LogP contribution in [-0.2, 0) is 0 Å². The minimum absolute atomic E-state index is 1.03. The Hall–Kier alpha value is -0.0400. The summed E-state index contributed by atoms with van der Waals surface area (Å²) in [4.78, 5) is 0. The van der Waals surface area contributed by atoms with E-state index in [0.29, 0.717) is 0 Å². The maximum Gasteiger partial charge on any atom is -0.00203 e. The highest BCUT2D eigenvalue weighted by atomic mass is 14.9. The monoisotopic (exact) mass is 153 g/mol. The van der Waals surface area contributed by atoms with Crippen molar-refractivity contribution in [3.8, 4) is 0 Å². The van der Waals surface area contributed by atoms with Gasteiger partial charge in [-0.25, -0.2) is 0 Å². The highest BCUT2D eigenvalue weighted by molar-refractivity contribution is 4.96. The van der Waals surface area contributed by atoms with Crippen molar-refractivity contribution in [2.75, 3.05) is 13.1 Å². The third-order valence-corrected chi connectivity index (χ3v) is 3.20. The van der Waals surface area contributed by atoms with Gasteiger partial charge in [0.2, 0.25) is 0 Å². The van der Waals surface area contributed by atoms with E-state index in [0.717, 1.165) is 17.8 Å². The van der Waals surface area contributed by atoms with Crippen LogP contribution in [0.15, 0.2) is 0 Å². The summed E-state index contributed by atoms with van der Waals surface area (Å²) >= 11 is 0. The van der Waals surface area contributed by atoms with Crippen molar-refractivity contribution in [3.05, 3.63) is 0 Å². The maximum atomic E-state index is 3.52. The van der Waals surface area contributed by atoms with Crippen LogP contribution < -0.4 is 5.32 Å². The SMILES string of the molecule is CCCNCC1CC2CC2C1. The Morgan fingerprint density at radius 2 is 1.91 bits per heavy atom. The van der Waals surface area contributed by atoms with Crippen LogP contribution in [0.3, 0.4) is 0 Å². The molecule has 0 radical (unpaired) electrons.